The van der Waals surface area contributed by atoms with Crippen molar-refractivity contribution in [2.75, 3.05) is 0 Å². The smallest absolute Gasteiger partial charge is 0.156 e. The van der Waals surface area contributed by atoms with Gasteiger partial charge in [0.1, 0.15) is 5.52 Å². The van der Waals surface area contributed by atoms with Gasteiger partial charge in [0.2, 0.25) is 0 Å². The highest BCUT2D eigenvalue weighted by Gasteiger charge is 2.11. The second kappa shape index (κ2) is 5.66. The van der Waals surface area contributed by atoms with Crippen LogP contribution in [-0.4, -0.2) is 16.4 Å². The number of benzene rings is 2. The number of carbonyl (C=O) groups is 1. The van der Waals surface area contributed by atoms with Gasteiger partial charge in [0.05, 0.1) is 4.47 Å². The largest absolute Gasteiger partial charge is 0.505 e. The number of aromatic nitrogens is 1. The van der Waals surface area contributed by atoms with Crippen LogP contribution in [0.2, 0.25) is 0 Å². The number of aldehydes is 1. The fraction of sp³-hybridized carbons (Fsp3) is 0.0588. The lowest BCUT2D eigenvalue weighted by Gasteiger charge is -2.08. The third-order valence-electron chi connectivity index (χ3n) is 3.37. The molecule has 1 N–H and O–H groups in total. The van der Waals surface area contributed by atoms with Gasteiger partial charge >= 0.3 is 0 Å². The van der Waals surface area contributed by atoms with Gasteiger partial charge in [-0.1, -0.05) is 30.3 Å². The van der Waals surface area contributed by atoms with Crippen molar-refractivity contribution in [1.29, 1.82) is 0 Å². The molecule has 0 amide bonds. The minimum Gasteiger partial charge on any atom is -0.505 e. The lowest BCUT2D eigenvalue weighted by molar-refractivity contribution is 0.112. The minimum atomic E-state index is 0.0573. The molecule has 0 saturated heterocycles. The van der Waals surface area contributed by atoms with Gasteiger partial charge in [0.25, 0.3) is 0 Å². The zero-order valence-electron chi connectivity index (χ0n) is 11.1. The summed E-state index contributed by atoms with van der Waals surface area (Å²) in [5.41, 5.74) is 3.12. The maximum Gasteiger partial charge on any atom is 0.156 e. The number of pyridine rings is 1. The van der Waals surface area contributed by atoms with E-state index >= 15 is 0 Å². The summed E-state index contributed by atoms with van der Waals surface area (Å²) in [6.45, 7) is 0. The maximum absolute atomic E-state index is 11.2. The van der Waals surface area contributed by atoms with Crippen LogP contribution in [0, 0.1) is 0 Å². The summed E-state index contributed by atoms with van der Waals surface area (Å²) < 4.78 is 0.473. The van der Waals surface area contributed by atoms with Crippen LogP contribution in [0.5, 0.6) is 5.75 Å². The first kappa shape index (κ1) is 13.8. The van der Waals surface area contributed by atoms with Crippen molar-refractivity contribution in [1.82, 2.24) is 4.98 Å². The van der Waals surface area contributed by atoms with E-state index in [-0.39, 0.29) is 5.75 Å². The first-order valence-corrected chi connectivity index (χ1v) is 7.27. The van der Waals surface area contributed by atoms with E-state index in [0.29, 0.717) is 20.9 Å². The average molecular weight is 342 g/mol. The highest BCUT2D eigenvalue weighted by molar-refractivity contribution is 9.10. The van der Waals surface area contributed by atoms with Gasteiger partial charge in [-0.05, 0) is 45.6 Å². The van der Waals surface area contributed by atoms with Gasteiger partial charge in [0, 0.05) is 17.1 Å². The van der Waals surface area contributed by atoms with Gasteiger partial charge < -0.3 is 5.11 Å². The Morgan fingerprint density at radius 1 is 1.14 bits per heavy atom. The molecule has 0 atom stereocenters. The molecule has 0 spiro atoms. The zero-order valence-corrected chi connectivity index (χ0v) is 12.7. The Morgan fingerprint density at radius 2 is 1.90 bits per heavy atom. The predicted octanol–water partition coefficient (Wildman–Crippen LogP) is 4.11. The molecule has 0 aliphatic heterocycles. The SMILES string of the molecule is O=Cc1cc(Br)c(O)c2ncc(Cc3ccccc3)cc12. The number of halogens is 1. The summed E-state index contributed by atoms with van der Waals surface area (Å²) >= 11 is 3.23. The van der Waals surface area contributed by atoms with Gasteiger partial charge in [-0.2, -0.15) is 0 Å². The molecule has 0 saturated carbocycles. The first-order valence-electron chi connectivity index (χ1n) is 6.48. The lowest BCUT2D eigenvalue weighted by atomic mass is 10.0. The van der Waals surface area contributed by atoms with Gasteiger partial charge in [0.15, 0.2) is 12.0 Å². The summed E-state index contributed by atoms with van der Waals surface area (Å²) in [4.78, 5) is 15.5. The van der Waals surface area contributed by atoms with Crippen LogP contribution in [-0.2, 0) is 6.42 Å². The number of fused-ring (bicyclic) bond motifs is 1. The van der Waals surface area contributed by atoms with Gasteiger partial charge in [-0.25, -0.2) is 0 Å². The minimum absolute atomic E-state index is 0.0573. The van der Waals surface area contributed by atoms with Crippen LogP contribution in [0.1, 0.15) is 21.5 Å². The highest BCUT2D eigenvalue weighted by Crippen LogP contribution is 2.33. The van der Waals surface area contributed by atoms with Crippen LogP contribution in [0.3, 0.4) is 0 Å². The molecule has 0 aliphatic carbocycles. The summed E-state index contributed by atoms with van der Waals surface area (Å²) in [5.74, 6) is 0.0573. The fourth-order valence-corrected chi connectivity index (χ4v) is 2.77. The predicted molar refractivity (Wildman–Crippen MR) is 85.7 cm³/mol. The van der Waals surface area contributed by atoms with E-state index in [1.165, 1.54) is 5.56 Å². The molecule has 104 valence electrons. The van der Waals surface area contributed by atoms with E-state index in [1.807, 2.05) is 36.4 Å². The normalized spacial score (nSPS) is 10.7. The standard InChI is InChI=1S/C17H12BrNO2/c18-15-8-13(10-20)14-7-12(9-19-16(14)17(15)21)6-11-4-2-1-3-5-11/h1-5,7-10,21H,6H2. The van der Waals surface area contributed by atoms with Crippen molar-refractivity contribution < 1.29 is 9.90 Å². The Kier molecular flexibility index (Phi) is 3.71. The average Bonchev–Trinajstić information content (AvgIpc) is 2.52. The molecule has 3 nitrogen and oxygen atoms in total. The Balaban J connectivity index is 2.11. The molecule has 0 radical (unpaired) electrons. The Bertz CT molecular complexity index is 816. The molecule has 21 heavy (non-hydrogen) atoms. The van der Waals surface area contributed by atoms with Crippen LogP contribution in [0.15, 0.2) is 53.1 Å². The molecule has 0 unspecified atom stereocenters. The molecule has 3 aromatic rings. The van der Waals surface area contributed by atoms with Gasteiger partial charge in [-0.15, -0.1) is 0 Å². The Morgan fingerprint density at radius 3 is 2.62 bits per heavy atom. The molecular formula is C17H12BrNO2. The molecule has 4 heteroatoms. The Hall–Kier alpha value is -2.20. The third kappa shape index (κ3) is 2.67. The number of hydrogen-bond donors (Lipinski definition) is 1. The monoisotopic (exact) mass is 341 g/mol. The quantitative estimate of drug-likeness (QED) is 0.729. The van der Waals surface area contributed by atoms with Crippen LogP contribution in [0.25, 0.3) is 10.9 Å². The molecule has 2 aromatic carbocycles. The number of hydrogen-bond acceptors (Lipinski definition) is 3. The summed E-state index contributed by atoms with van der Waals surface area (Å²) in [7, 11) is 0. The van der Waals surface area contributed by atoms with E-state index in [4.69, 9.17) is 0 Å². The van der Waals surface area contributed by atoms with Gasteiger partial charge in [-0.3, -0.25) is 9.78 Å². The highest BCUT2D eigenvalue weighted by atomic mass is 79.9. The molecule has 1 aromatic heterocycles. The second-order valence-corrected chi connectivity index (χ2v) is 5.67. The number of aromatic hydroxyl groups is 1. The van der Waals surface area contributed by atoms with Crippen LogP contribution < -0.4 is 0 Å². The van der Waals surface area contributed by atoms with E-state index in [2.05, 4.69) is 20.9 Å². The summed E-state index contributed by atoms with van der Waals surface area (Å²) in [6, 6.07) is 13.6. The summed E-state index contributed by atoms with van der Waals surface area (Å²) in [6.07, 6.45) is 3.25. The molecule has 3 rings (SSSR count). The van der Waals surface area contributed by atoms with Crippen molar-refractivity contribution in [3.8, 4) is 5.75 Å². The third-order valence-corrected chi connectivity index (χ3v) is 3.97. The molecule has 0 aliphatic rings. The maximum atomic E-state index is 11.2. The second-order valence-electron chi connectivity index (χ2n) is 4.82. The Labute approximate surface area is 130 Å². The van der Waals surface area contributed by atoms with E-state index in [9.17, 15) is 9.90 Å². The topological polar surface area (TPSA) is 50.2 Å². The number of rotatable bonds is 3. The van der Waals surface area contributed by atoms with Crippen molar-refractivity contribution in [3.63, 3.8) is 0 Å². The van der Waals surface area contributed by atoms with Crippen molar-refractivity contribution in [3.05, 3.63) is 69.8 Å². The molecular weight excluding hydrogens is 330 g/mol. The van der Waals surface area contributed by atoms with E-state index in [1.54, 1.807) is 12.3 Å². The van der Waals surface area contributed by atoms with Crippen molar-refractivity contribution >= 4 is 33.1 Å². The van der Waals surface area contributed by atoms with Crippen molar-refractivity contribution in [2.45, 2.75) is 6.42 Å². The molecule has 1 heterocycles. The van der Waals surface area contributed by atoms with Crippen molar-refractivity contribution in [2.24, 2.45) is 0 Å². The molecule has 0 fully saturated rings. The number of carbonyl (C=O) groups excluding carboxylic acids is 1. The van der Waals surface area contributed by atoms with E-state index < -0.39 is 0 Å². The fourth-order valence-electron chi connectivity index (χ4n) is 2.34. The zero-order chi connectivity index (χ0) is 14.8. The lowest BCUT2D eigenvalue weighted by Crippen LogP contribution is -1.93. The van der Waals surface area contributed by atoms with Crippen LogP contribution in [0.4, 0.5) is 0 Å². The summed E-state index contributed by atoms with van der Waals surface area (Å²) in [5, 5.41) is 10.7. The number of phenols is 1. The van der Waals surface area contributed by atoms with Crippen LogP contribution >= 0.6 is 15.9 Å². The number of nitrogens with zero attached hydrogens (tertiary/aromatic N) is 1. The first-order chi connectivity index (χ1) is 10.2. The number of phenolic OH excluding ortho intramolecular Hbond substituents is 1. The molecule has 0 bridgehead atoms. The van der Waals surface area contributed by atoms with E-state index in [0.717, 1.165) is 18.3 Å².